The highest BCUT2D eigenvalue weighted by molar-refractivity contribution is 7.93. The summed E-state index contributed by atoms with van der Waals surface area (Å²) in [6, 6.07) is 13.6. The van der Waals surface area contributed by atoms with Crippen LogP contribution in [0.5, 0.6) is 0 Å². The Balaban J connectivity index is 1.51. The average Bonchev–Trinajstić information content (AvgIpc) is 3.46. The molecule has 0 bridgehead atoms. The van der Waals surface area contributed by atoms with Crippen LogP contribution in [0.3, 0.4) is 0 Å². The van der Waals surface area contributed by atoms with Crippen molar-refractivity contribution in [2.75, 3.05) is 29.3 Å². The molecule has 9 nitrogen and oxygen atoms in total. The number of sulfonamides is 1. The van der Waals surface area contributed by atoms with Crippen LogP contribution in [0.1, 0.15) is 17.7 Å². The van der Waals surface area contributed by atoms with Crippen LogP contribution < -0.4 is 9.21 Å². The van der Waals surface area contributed by atoms with Gasteiger partial charge in [-0.25, -0.2) is 14.8 Å². The SMILES string of the molecule is Cc1nc(S(=O)(=O)N(C(=O)O)c2cscn2)ccc1N(C)[C@H]1CCN(Cc2ccccc2)C1. The minimum atomic E-state index is -4.41. The average molecular weight is 488 g/mol. The molecule has 1 saturated heterocycles. The maximum atomic E-state index is 13.0. The van der Waals surface area contributed by atoms with E-state index in [1.807, 2.05) is 25.2 Å². The number of carboxylic acid groups (broad SMARTS) is 1. The molecule has 11 heteroatoms. The smallest absolute Gasteiger partial charge is 0.427 e. The van der Waals surface area contributed by atoms with Gasteiger partial charge in [-0.2, -0.15) is 8.42 Å². The molecule has 1 aromatic carbocycles. The zero-order valence-corrected chi connectivity index (χ0v) is 20.0. The van der Waals surface area contributed by atoms with Gasteiger partial charge < -0.3 is 10.0 Å². The molecule has 1 fully saturated rings. The lowest BCUT2D eigenvalue weighted by atomic mass is 10.2. The summed E-state index contributed by atoms with van der Waals surface area (Å²) >= 11 is 1.11. The number of amides is 1. The van der Waals surface area contributed by atoms with Crippen molar-refractivity contribution in [3.8, 4) is 0 Å². The molecular weight excluding hydrogens is 462 g/mol. The van der Waals surface area contributed by atoms with E-state index >= 15 is 0 Å². The summed E-state index contributed by atoms with van der Waals surface area (Å²) in [7, 11) is -2.43. The molecule has 2 aromatic heterocycles. The van der Waals surface area contributed by atoms with Crippen LogP contribution in [-0.2, 0) is 16.6 Å². The lowest BCUT2D eigenvalue weighted by molar-refractivity contribution is 0.206. The fourth-order valence-electron chi connectivity index (χ4n) is 4.08. The minimum Gasteiger partial charge on any atom is -0.464 e. The summed E-state index contributed by atoms with van der Waals surface area (Å²) in [6.45, 7) is 4.49. The highest BCUT2D eigenvalue weighted by atomic mass is 32.2. The molecule has 1 amide bonds. The largest absolute Gasteiger partial charge is 0.464 e. The first-order chi connectivity index (χ1) is 15.8. The molecule has 1 aliphatic heterocycles. The number of anilines is 2. The van der Waals surface area contributed by atoms with E-state index in [2.05, 4.69) is 31.9 Å². The van der Waals surface area contributed by atoms with Gasteiger partial charge in [0.25, 0.3) is 10.0 Å². The van der Waals surface area contributed by atoms with E-state index in [0.717, 1.165) is 43.1 Å². The van der Waals surface area contributed by atoms with Gasteiger partial charge in [-0.05, 0) is 31.0 Å². The molecule has 0 unspecified atom stereocenters. The van der Waals surface area contributed by atoms with Crippen molar-refractivity contribution >= 4 is 39.0 Å². The number of hydrogen-bond donors (Lipinski definition) is 1. The normalized spacial score (nSPS) is 16.6. The number of rotatable bonds is 7. The standard InChI is InChI=1S/C22H25N5O4S2/c1-16-19(25(2)18-10-11-26(13-18)12-17-6-4-3-5-7-17)8-9-21(24-16)33(30,31)27(22(28)29)20-14-32-15-23-20/h3-9,14-15,18H,10-13H2,1-2H3,(H,28,29)/t18-/m0/s1. The van der Waals surface area contributed by atoms with E-state index in [0.29, 0.717) is 5.69 Å². The monoisotopic (exact) mass is 487 g/mol. The third-order valence-electron chi connectivity index (χ3n) is 5.76. The third kappa shape index (κ3) is 4.85. The van der Waals surface area contributed by atoms with Crippen LogP contribution in [0.2, 0.25) is 0 Å². The Morgan fingerprint density at radius 2 is 2.00 bits per heavy atom. The molecule has 33 heavy (non-hydrogen) atoms. The third-order valence-corrected chi connectivity index (χ3v) is 7.92. The summed E-state index contributed by atoms with van der Waals surface area (Å²) in [5.74, 6) is -0.169. The van der Waals surface area contributed by atoms with Crippen LogP contribution in [0.25, 0.3) is 0 Å². The number of aryl methyl sites for hydroxylation is 1. The van der Waals surface area contributed by atoms with E-state index in [1.54, 1.807) is 13.0 Å². The predicted octanol–water partition coefficient (Wildman–Crippen LogP) is 3.43. The Morgan fingerprint density at radius 1 is 1.24 bits per heavy atom. The molecule has 0 spiro atoms. The molecule has 3 heterocycles. The molecule has 0 saturated carbocycles. The van der Waals surface area contributed by atoms with Crippen LogP contribution >= 0.6 is 11.3 Å². The summed E-state index contributed by atoms with van der Waals surface area (Å²) in [5, 5.41) is 10.5. The first-order valence-electron chi connectivity index (χ1n) is 10.4. The van der Waals surface area contributed by atoms with Crippen LogP contribution in [0.15, 0.2) is 58.4 Å². The molecular formula is C22H25N5O4S2. The second-order valence-electron chi connectivity index (χ2n) is 7.93. The number of carbonyl (C=O) groups is 1. The lowest BCUT2D eigenvalue weighted by Gasteiger charge is -2.28. The molecule has 0 radical (unpaired) electrons. The minimum absolute atomic E-state index is 0.169. The van der Waals surface area contributed by atoms with Crippen molar-refractivity contribution < 1.29 is 18.3 Å². The summed E-state index contributed by atoms with van der Waals surface area (Å²) in [6.07, 6.45) is -0.648. The number of hydrogen-bond acceptors (Lipinski definition) is 8. The van der Waals surface area contributed by atoms with E-state index in [4.69, 9.17) is 0 Å². The van der Waals surface area contributed by atoms with Gasteiger partial charge in [0.15, 0.2) is 10.8 Å². The summed E-state index contributed by atoms with van der Waals surface area (Å²) in [4.78, 5) is 24.3. The summed E-state index contributed by atoms with van der Waals surface area (Å²) in [5.41, 5.74) is 3.98. The van der Waals surface area contributed by atoms with Crippen molar-refractivity contribution in [3.63, 3.8) is 0 Å². The van der Waals surface area contributed by atoms with Gasteiger partial charge in [0.1, 0.15) is 0 Å². The van der Waals surface area contributed by atoms with Gasteiger partial charge in [-0.15, -0.1) is 15.6 Å². The molecule has 1 atom stereocenters. The number of pyridine rings is 1. The predicted molar refractivity (Wildman–Crippen MR) is 127 cm³/mol. The van der Waals surface area contributed by atoms with Crippen LogP contribution in [0, 0.1) is 6.92 Å². The molecule has 3 aromatic rings. The fraction of sp³-hybridized carbons (Fsp3) is 0.318. The van der Waals surface area contributed by atoms with Gasteiger partial charge in [0.05, 0.1) is 16.9 Å². The van der Waals surface area contributed by atoms with E-state index in [1.165, 1.54) is 22.5 Å². The van der Waals surface area contributed by atoms with Crippen LogP contribution in [-0.4, -0.2) is 60.7 Å². The highest BCUT2D eigenvalue weighted by Gasteiger charge is 2.34. The van der Waals surface area contributed by atoms with Gasteiger partial charge in [0, 0.05) is 38.1 Å². The number of nitrogens with zero attached hydrogens (tertiary/aromatic N) is 5. The van der Waals surface area contributed by atoms with Gasteiger partial charge >= 0.3 is 6.09 Å². The molecule has 4 rings (SSSR count). The lowest BCUT2D eigenvalue weighted by Crippen LogP contribution is -2.37. The summed E-state index contributed by atoms with van der Waals surface area (Å²) < 4.78 is 26.3. The van der Waals surface area contributed by atoms with Crippen molar-refractivity contribution in [1.29, 1.82) is 0 Å². The van der Waals surface area contributed by atoms with Crippen LogP contribution in [0.4, 0.5) is 16.3 Å². The molecule has 1 N–H and O–H groups in total. The van der Waals surface area contributed by atoms with Crippen molar-refractivity contribution in [2.24, 2.45) is 0 Å². The van der Waals surface area contributed by atoms with Gasteiger partial charge in [-0.1, -0.05) is 30.3 Å². The number of thiazole rings is 1. The molecule has 0 aliphatic carbocycles. The maximum Gasteiger partial charge on any atom is 0.427 e. The topological polar surface area (TPSA) is 107 Å². The van der Waals surface area contributed by atoms with Gasteiger partial charge in [-0.3, -0.25) is 4.90 Å². The number of aromatic nitrogens is 2. The Kier molecular flexibility index (Phi) is 6.63. The first kappa shape index (κ1) is 23.1. The second kappa shape index (κ2) is 9.46. The maximum absolute atomic E-state index is 13.0. The second-order valence-corrected chi connectivity index (χ2v) is 10.4. The van der Waals surface area contributed by atoms with E-state index < -0.39 is 16.1 Å². The number of likely N-dealkylation sites (N-methyl/N-ethyl adjacent to an activating group) is 1. The van der Waals surface area contributed by atoms with Crippen molar-refractivity contribution in [2.45, 2.75) is 31.0 Å². The molecule has 174 valence electrons. The number of benzene rings is 1. The van der Waals surface area contributed by atoms with Crippen molar-refractivity contribution in [1.82, 2.24) is 14.9 Å². The Labute approximate surface area is 197 Å². The van der Waals surface area contributed by atoms with Crippen molar-refractivity contribution in [3.05, 3.63) is 64.6 Å². The Hall–Kier alpha value is -3.02. The Morgan fingerprint density at radius 3 is 2.64 bits per heavy atom. The number of likely N-dealkylation sites (tertiary alicyclic amines) is 1. The zero-order valence-electron chi connectivity index (χ0n) is 18.3. The quantitative estimate of drug-likeness (QED) is 0.540. The Bertz CT molecular complexity index is 1220. The molecule has 1 aliphatic rings. The van der Waals surface area contributed by atoms with Gasteiger partial charge in [0.2, 0.25) is 0 Å². The van der Waals surface area contributed by atoms with E-state index in [9.17, 15) is 18.3 Å². The van der Waals surface area contributed by atoms with E-state index in [-0.39, 0.29) is 21.2 Å². The zero-order chi connectivity index (χ0) is 23.6. The first-order valence-corrected chi connectivity index (χ1v) is 12.8. The highest BCUT2D eigenvalue weighted by Crippen LogP contribution is 2.28. The fourth-order valence-corrected chi connectivity index (χ4v) is 5.90.